The third-order valence-corrected chi connectivity index (χ3v) is 6.78. The van der Waals surface area contributed by atoms with Gasteiger partial charge in [-0.2, -0.15) is 5.10 Å². The predicted octanol–water partition coefficient (Wildman–Crippen LogP) is 1.84. The minimum atomic E-state index is 0.201. The largest absolute Gasteiger partial charge is 0.355 e. The second-order valence-electron chi connectivity index (χ2n) is 8.46. The van der Waals surface area contributed by atoms with Crippen LogP contribution in [-0.2, 0) is 17.8 Å². The van der Waals surface area contributed by atoms with Gasteiger partial charge in [0.05, 0.1) is 11.6 Å². The summed E-state index contributed by atoms with van der Waals surface area (Å²) in [4.78, 5) is 20.1. The molecular weight excluding hydrogens is 326 g/mol. The zero-order valence-corrected chi connectivity index (χ0v) is 15.6. The van der Waals surface area contributed by atoms with E-state index in [1.54, 1.807) is 0 Å². The van der Waals surface area contributed by atoms with Gasteiger partial charge in [-0.15, -0.1) is 5.10 Å². The van der Waals surface area contributed by atoms with Crippen molar-refractivity contribution in [3.05, 3.63) is 17.3 Å². The average Bonchev–Trinajstić information content (AvgIpc) is 3.36. The summed E-state index contributed by atoms with van der Waals surface area (Å²) in [5.41, 5.74) is 2.29. The maximum absolute atomic E-state index is 13.1. The third-order valence-electron chi connectivity index (χ3n) is 6.78. The maximum Gasteiger partial charge on any atom is 0.227 e. The van der Waals surface area contributed by atoms with Crippen molar-refractivity contribution in [3.8, 4) is 0 Å². The molecule has 5 heterocycles. The number of rotatable bonds is 2. The molecular formula is C20H29N5O. The molecule has 1 aromatic rings. The number of aromatic nitrogens is 2. The molecule has 6 nitrogen and oxygen atoms in total. The second-order valence-corrected chi connectivity index (χ2v) is 8.46. The number of fused-ring (bicyclic) bond motifs is 2. The summed E-state index contributed by atoms with van der Waals surface area (Å²) >= 11 is 0. The molecule has 1 aromatic heterocycles. The highest BCUT2D eigenvalue weighted by Gasteiger charge is 2.39. The van der Waals surface area contributed by atoms with E-state index in [0.29, 0.717) is 18.5 Å². The van der Waals surface area contributed by atoms with Crippen LogP contribution in [0.1, 0.15) is 49.8 Å². The number of carbonyl (C=O) groups excluding carboxylic acids is 1. The van der Waals surface area contributed by atoms with Crippen LogP contribution in [-0.4, -0.2) is 64.7 Å². The third kappa shape index (κ3) is 2.98. The number of anilines is 1. The van der Waals surface area contributed by atoms with Crippen LogP contribution in [0.25, 0.3) is 0 Å². The molecule has 2 atom stereocenters. The minimum absolute atomic E-state index is 0.201. The summed E-state index contributed by atoms with van der Waals surface area (Å²) in [6.45, 7) is 5.83. The molecule has 1 amide bonds. The predicted molar refractivity (Wildman–Crippen MR) is 99.9 cm³/mol. The van der Waals surface area contributed by atoms with Crippen molar-refractivity contribution < 1.29 is 4.79 Å². The Morgan fingerprint density at radius 3 is 2.73 bits per heavy atom. The first-order valence-electron chi connectivity index (χ1n) is 10.4. The lowest BCUT2D eigenvalue weighted by atomic mass is 9.97. The van der Waals surface area contributed by atoms with E-state index in [1.807, 2.05) is 0 Å². The van der Waals surface area contributed by atoms with E-state index < -0.39 is 0 Å². The molecule has 3 saturated heterocycles. The van der Waals surface area contributed by atoms with Crippen molar-refractivity contribution >= 4 is 11.7 Å². The quantitative estimate of drug-likeness (QED) is 0.810. The van der Waals surface area contributed by atoms with Crippen LogP contribution in [0.2, 0.25) is 0 Å². The Balaban J connectivity index is 1.28. The molecule has 4 aliphatic heterocycles. The maximum atomic E-state index is 13.1. The second kappa shape index (κ2) is 6.80. The van der Waals surface area contributed by atoms with Gasteiger partial charge < -0.3 is 9.80 Å². The first kappa shape index (κ1) is 16.5. The highest BCUT2D eigenvalue weighted by atomic mass is 16.2. The lowest BCUT2D eigenvalue weighted by Gasteiger charge is -2.31. The molecule has 2 unspecified atom stereocenters. The Bertz CT molecular complexity index is 673. The van der Waals surface area contributed by atoms with Crippen LogP contribution < -0.4 is 4.90 Å². The Labute approximate surface area is 155 Å². The van der Waals surface area contributed by atoms with Crippen LogP contribution in [0, 0.1) is 5.92 Å². The summed E-state index contributed by atoms with van der Waals surface area (Å²) in [6.07, 6.45) is 8.29. The van der Waals surface area contributed by atoms with E-state index in [9.17, 15) is 4.79 Å². The number of carbonyl (C=O) groups is 1. The summed E-state index contributed by atoms with van der Waals surface area (Å²) in [6, 6.07) is 2.84. The number of amides is 1. The van der Waals surface area contributed by atoms with E-state index in [4.69, 9.17) is 0 Å². The molecule has 0 N–H and O–H groups in total. The summed E-state index contributed by atoms with van der Waals surface area (Å²) < 4.78 is 0. The fraction of sp³-hybridized carbons (Fsp3) is 0.750. The van der Waals surface area contributed by atoms with Gasteiger partial charge >= 0.3 is 0 Å². The van der Waals surface area contributed by atoms with Crippen molar-refractivity contribution in [1.29, 1.82) is 0 Å². The first-order chi connectivity index (χ1) is 12.8. The molecule has 0 aromatic carbocycles. The summed E-state index contributed by atoms with van der Waals surface area (Å²) in [5.74, 6) is 1.56. The average molecular weight is 355 g/mol. The van der Waals surface area contributed by atoms with Gasteiger partial charge in [-0.1, -0.05) is 6.42 Å². The van der Waals surface area contributed by atoms with Crippen molar-refractivity contribution in [2.24, 2.45) is 5.92 Å². The lowest BCUT2D eigenvalue weighted by molar-refractivity contribution is -0.136. The molecule has 0 aliphatic carbocycles. The van der Waals surface area contributed by atoms with Crippen LogP contribution in [0.5, 0.6) is 0 Å². The Kier molecular flexibility index (Phi) is 4.31. The zero-order valence-electron chi connectivity index (χ0n) is 15.6. The van der Waals surface area contributed by atoms with E-state index in [1.165, 1.54) is 44.2 Å². The van der Waals surface area contributed by atoms with Gasteiger partial charge in [0.25, 0.3) is 0 Å². The fourth-order valence-electron chi connectivity index (χ4n) is 5.30. The van der Waals surface area contributed by atoms with Crippen LogP contribution >= 0.6 is 0 Å². The van der Waals surface area contributed by atoms with Crippen LogP contribution in [0.4, 0.5) is 5.82 Å². The molecule has 6 heteroatoms. The molecule has 4 aliphatic rings. The molecule has 5 rings (SSSR count). The monoisotopic (exact) mass is 355 g/mol. The van der Waals surface area contributed by atoms with Gasteiger partial charge in [-0.3, -0.25) is 9.69 Å². The standard InChI is InChI=1S/C20H29N5O/c26-20(16-11-17-5-1-2-9-24(17)14-16)25-10-6-18-15(13-25)12-19(22-21-18)23-7-3-4-8-23/h12,16-17H,1-11,13-14H2. The fourth-order valence-corrected chi connectivity index (χ4v) is 5.30. The highest BCUT2D eigenvalue weighted by molar-refractivity contribution is 5.80. The zero-order chi connectivity index (χ0) is 17.5. The van der Waals surface area contributed by atoms with Gasteiger partial charge in [0, 0.05) is 45.2 Å². The summed E-state index contributed by atoms with van der Waals surface area (Å²) in [7, 11) is 0. The van der Waals surface area contributed by atoms with E-state index >= 15 is 0 Å². The first-order valence-corrected chi connectivity index (χ1v) is 10.4. The van der Waals surface area contributed by atoms with Gasteiger partial charge in [-0.25, -0.2) is 0 Å². The number of piperidine rings is 1. The molecule has 140 valence electrons. The van der Waals surface area contributed by atoms with Gasteiger partial charge in [0.15, 0.2) is 5.82 Å². The normalized spacial score (nSPS) is 28.9. The van der Waals surface area contributed by atoms with Gasteiger partial charge in [-0.05, 0) is 50.3 Å². The molecule has 26 heavy (non-hydrogen) atoms. The highest BCUT2D eigenvalue weighted by Crippen LogP contribution is 2.32. The van der Waals surface area contributed by atoms with Crippen molar-refractivity contribution in [1.82, 2.24) is 20.0 Å². The summed E-state index contributed by atoms with van der Waals surface area (Å²) in [5, 5.41) is 8.91. The molecule has 3 fully saturated rings. The minimum Gasteiger partial charge on any atom is -0.355 e. The SMILES string of the molecule is O=C(C1CC2CCCCN2C1)N1CCc2nnc(N3CCCC3)cc2C1. The number of hydrogen-bond donors (Lipinski definition) is 0. The van der Waals surface area contributed by atoms with Crippen LogP contribution in [0.15, 0.2) is 6.07 Å². The van der Waals surface area contributed by atoms with Gasteiger partial charge in [0.2, 0.25) is 5.91 Å². The Morgan fingerprint density at radius 2 is 1.88 bits per heavy atom. The van der Waals surface area contributed by atoms with E-state index in [0.717, 1.165) is 50.5 Å². The molecule has 0 saturated carbocycles. The van der Waals surface area contributed by atoms with Crippen LogP contribution in [0.3, 0.4) is 0 Å². The van der Waals surface area contributed by atoms with Crippen molar-refractivity contribution in [2.45, 2.75) is 57.5 Å². The molecule has 0 spiro atoms. The molecule has 0 bridgehead atoms. The number of hydrogen-bond acceptors (Lipinski definition) is 5. The molecule has 0 radical (unpaired) electrons. The lowest BCUT2D eigenvalue weighted by Crippen LogP contribution is -2.41. The van der Waals surface area contributed by atoms with Crippen molar-refractivity contribution in [2.75, 3.05) is 37.6 Å². The van der Waals surface area contributed by atoms with E-state index in [2.05, 4.69) is 31.0 Å². The number of nitrogens with zero attached hydrogens (tertiary/aromatic N) is 5. The topological polar surface area (TPSA) is 52.6 Å². The van der Waals surface area contributed by atoms with Crippen molar-refractivity contribution in [3.63, 3.8) is 0 Å². The Morgan fingerprint density at radius 1 is 1.04 bits per heavy atom. The Hall–Kier alpha value is -1.69. The smallest absolute Gasteiger partial charge is 0.227 e. The van der Waals surface area contributed by atoms with Gasteiger partial charge in [0.1, 0.15) is 0 Å². The van der Waals surface area contributed by atoms with E-state index in [-0.39, 0.29) is 5.92 Å².